The van der Waals surface area contributed by atoms with Gasteiger partial charge in [-0.2, -0.15) is 0 Å². The molecule has 0 aliphatic carbocycles. The van der Waals surface area contributed by atoms with Crippen LogP contribution in [-0.4, -0.2) is 16.2 Å². The predicted octanol–water partition coefficient (Wildman–Crippen LogP) is 9.29. The van der Waals surface area contributed by atoms with E-state index < -0.39 is 11.6 Å². The molecule has 2 N–H and O–H groups in total. The zero-order chi connectivity index (χ0) is 24.4. The van der Waals surface area contributed by atoms with Gasteiger partial charge in [0, 0.05) is 11.1 Å². The fourth-order valence-electron chi connectivity index (χ4n) is 3.35. The molecule has 1 atom stereocenters. The van der Waals surface area contributed by atoms with Gasteiger partial charge in [-0.15, -0.1) is 0 Å². The summed E-state index contributed by atoms with van der Waals surface area (Å²) in [5.41, 5.74) is -1.46. The van der Waals surface area contributed by atoms with Crippen molar-refractivity contribution in [1.29, 1.82) is 0 Å². The summed E-state index contributed by atoms with van der Waals surface area (Å²) in [6.45, 7) is 0. The van der Waals surface area contributed by atoms with Crippen molar-refractivity contribution < 1.29 is 24.5 Å². The SMILES string of the molecule is O=C1OC2(/C=C/C(Br)=C(/O)C(Br)=COc3c2cc(Br)c(O)c3Br)c2c(Cl)c(Cl)c(Cl)c(Cl)c21. The minimum Gasteiger partial charge on any atom is -0.505 e. The molecule has 2 heterocycles. The smallest absolute Gasteiger partial charge is 0.341 e. The van der Waals surface area contributed by atoms with E-state index in [0.29, 0.717) is 0 Å². The number of aliphatic hydroxyl groups excluding tert-OH is 1. The van der Waals surface area contributed by atoms with Crippen molar-refractivity contribution in [2.24, 2.45) is 0 Å². The Morgan fingerprint density at radius 1 is 0.939 bits per heavy atom. The number of hydrogen-bond acceptors (Lipinski definition) is 5. The molecule has 4 rings (SSSR count). The van der Waals surface area contributed by atoms with E-state index in [1.54, 1.807) is 0 Å². The fourth-order valence-corrected chi connectivity index (χ4v) is 6.55. The number of allylic oxidation sites excluding steroid dienone is 3. The van der Waals surface area contributed by atoms with Crippen molar-refractivity contribution in [3.63, 3.8) is 0 Å². The van der Waals surface area contributed by atoms with Crippen LogP contribution in [0.2, 0.25) is 20.1 Å². The normalized spacial score (nSPS) is 22.9. The first-order valence-corrected chi connectivity index (χ1v) is 13.2. The fraction of sp³-hybridized carbons (Fsp3) is 0.0500. The number of carbonyl (C=O) groups excluding carboxylic acids is 1. The maximum atomic E-state index is 13.1. The van der Waals surface area contributed by atoms with Crippen LogP contribution in [0.1, 0.15) is 21.5 Å². The van der Waals surface area contributed by atoms with E-state index in [1.165, 1.54) is 24.5 Å². The molecule has 2 aliphatic heterocycles. The van der Waals surface area contributed by atoms with Crippen molar-refractivity contribution in [3.05, 3.63) is 84.9 Å². The second kappa shape index (κ2) is 9.24. The molecular formula is C20H6Br4Cl4O5. The number of halogens is 8. The molecule has 33 heavy (non-hydrogen) atoms. The van der Waals surface area contributed by atoms with Gasteiger partial charge in [-0.05, 0) is 81.9 Å². The van der Waals surface area contributed by atoms with Crippen molar-refractivity contribution in [2.75, 3.05) is 0 Å². The van der Waals surface area contributed by atoms with Gasteiger partial charge in [0.1, 0.15) is 22.2 Å². The molecule has 0 saturated heterocycles. The second-order valence-corrected chi connectivity index (χ2v) is 11.5. The third-order valence-corrected chi connectivity index (χ3v) is 9.19. The van der Waals surface area contributed by atoms with Crippen LogP contribution < -0.4 is 4.74 Å². The third kappa shape index (κ3) is 3.96. The summed E-state index contributed by atoms with van der Waals surface area (Å²) in [6.07, 6.45) is 4.12. The molecule has 0 radical (unpaired) electrons. The molecule has 172 valence electrons. The Kier molecular flexibility index (Phi) is 7.20. The largest absolute Gasteiger partial charge is 0.505 e. The van der Waals surface area contributed by atoms with E-state index in [1.807, 2.05) is 0 Å². The summed E-state index contributed by atoms with van der Waals surface area (Å²) in [4.78, 5) is 13.1. The monoisotopic (exact) mass is 782 g/mol. The Labute approximate surface area is 240 Å². The number of carbonyl (C=O) groups is 1. The summed E-state index contributed by atoms with van der Waals surface area (Å²) in [6, 6.07) is 1.50. The van der Waals surface area contributed by atoms with Crippen LogP contribution in [0.3, 0.4) is 0 Å². The van der Waals surface area contributed by atoms with Gasteiger partial charge in [-0.3, -0.25) is 0 Å². The van der Waals surface area contributed by atoms with Crippen molar-refractivity contribution in [1.82, 2.24) is 0 Å². The molecule has 0 aromatic heterocycles. The Bertz CT molecular complexity index is 1360. The highest BCUT2D eigenvalue weighted by atomic mass is 79.9. The highest BCUT2D eigenvalue weighted by Gasteiger charge is 2.52. The first-order chi connectivity index (χ1) is 15.4. The molecule has 13 heteroatoms. The zero-order valence-corrected chi connectivity index (χ0v) is 24.8. The zero-order valence-electron chi connectivity index (χ0n) is 15.5. The molecule has 1 unspecified atom stereocenters. The molecule has 2 aromatic rings. The summed E-state index contributed by atoms with van der Waals surface area (Å²) in [7, 11) is 0. The van der Waals surface area contributed by atoms with E-state index in [9.17, 15) is 15.0 Å². The lowest BCUT2D eigenvalue weighted by molar-refractivity contribution is 0.0269. The molecule has 5 nitrogen and oxygen atoms in total. The van der Waals surface area contributed by atoms with Crippen LogP contribution in [0.25, 0.3) is 0 Å². The minimum atomic E-state index is -1.74. The van der Waals surface area contributed by atoms with Crippen molar-refractivity contribution in [2.45, 2.75) is 5.60 Å². The topological polar surface area (TPSA) is 76.0 Å². The van der Waals surface area contributed by atoms with Gasteiger partial charge in [0.15, 0.2) is 11.4 Å². The number of aromatic hydroxyl groups is 1. The summed E-state index contributed by atoms with van der Waals surface area (Å²) < 4.78 is 12.5. The minimum absolute atomic E-state index is 0.0574. The van der Waals surface area contributed by atoms with Crippen LogP contribution in [0.5, 0.6) is 11.5 Å². The molecule has 0 amide bonds. The summed E-state index contributed by atoms with van der Waals surface area (Å²) in [5.74, 6) is -1.16. The van der Waals surface area contributed by atoms with E-state index in [2.05, 4.69) is 63.7 Å². The second-order valence-electron chi connectivity index (χ2n) is 6.64. The van der Waals surface area contributed by atoms with Crippen LogP contribution in [0.15, 0.2) is 48.1 Å². The average molecular weight is 788 g/mol. The number of rotatable bonds is 0. The first kappa shape index (κ1) is 25.7. The van der Waals surface area contributed by atoms with Crippen molar-refractivity contribution >= 4 is 116 Å². The Balaban J connectivity index is 2.22. The van der Waals surface area contributed by atoms with Gasteiger partial charge in [-0.1, -0.05) is 46.4 Å². The molecule has 1 spiro atoms. The average Bonchev–Trinajstić information content (AvgIpc) is 3.09. The Morgan fingerprint density at radius 3 is 2.24 bits per heavy atom. The molecule has 2 aromatic carbocycles. The molecular weight excluding hydrogens is 782 g/mol. The Hall–Kier alpha value is -0.390. The van der Waals surface area contributed by atoms with Crippen LogP contribution in [0, 0.1) is 0 Å². The van der Waals surface area contributed by atoms with E-state index >= 15 is 0 Å². The molecule has 2 aliphatic rings. The highest BCUT2D eigenvalue weighted by molar-refractivity contribution is 9.12. The van der Waals surface area contributed by atoms with Gasteiger partial charge in [0.2, 0.25) is 0 Å². The number of benzene rings is 2. The van der Waals surface area contributed by atoms with Gasteiger partial charge in [0.25, 0.3) is 0 Å². The van der Waals surface area contributed by atoms with E-state index in [0.717, 1.165) is 0 Å². The molecule has 0 saturated carbocycles. The van der Waals surface area contributed by atoms with Gasteiger partial charge in [0.05, 0.1) is 39.1 Å². The lowest BCUT2D eigenvalue weighted by Crippen LogP contribution is -2.27. The van der Waals surface area contributed by atoms with E-state index in [-0.39, 0.29) is 71.9 Å². The lowest BCUT2D eigenvalue weighted by Gasteiger charge is -2.30. The van der Waals surface area contributed by atoms with E-state index in [4.69, 9.17) is 55.9 Å². The van der Waals surface area contributed by atoms with Gasteiger partial charge in [-0.25, -0.2) is 4.79 Å². The Morgan fingerprint density at radius 2 is 1.58 bits per heavy atom. The van der Waals surface area contributed by atoms with Crippen LogP contribution >= 0.6 is 110 Å². The van der Waals surface area contributed by atoms with Crippen molar-refractivity contribution in [3.8, 4) is 11.5 Å². The number of phenolic OH excluding ortho intramolecular Hbond substituents is 1. The maximum Gasteiger partial charge on any atom is 0.341 e. The summed E-state index contributed by atoms with van der Waals surface area (Å²) >= 11 is 38.6. The highest BCUT2D eigenvalue weighted by Crippen LogP contribution is 2.57. The van der Waals surface area contributed by atoms with Crippen LogP contribution in [0.4, 0.5) is 0 Å². The summed E-state index contributed by atoms with van der Waals surface area (Å²) in [5, 5.41) is 20.6. The number of hydrogen-bond donors (Lipinski definition) is 2. The third-order valence-electron chi connectivity index (χ3n) is 4.84. The molecule has 0 bridgehead atoms. The predicted molar refractivity (Wildman–Crippen MR) is 142 cm³/mol. The van der Waals surface area contributed by atoms with Gasteiger partial charge >= 0.3 is 5.97 Å². The molecule has 0 fully saturated rings. The number of phenols is 1. The standard InChI is InChI=1S/C20H6Br4Cl4O5/c21-6-1-2-20(10-9(19(31)33-20)12(25)14(27)15(28)13(10)26)5-3-7(22)17(30)11(24)18(5)32-4-8(23)16(6)29/h1-4,29-30H/b2-1+,8-4?,16-6-. The number of ether oxygens (including phenoxy) is 2. The number of esters is 1. The van der Waals surface area contributed by atoms with Crippen LogP contribution in [-0.2, 0) is 10.3 Å². The number of aliphatic hydroxyl groups is 1. The number of fused-ring (bicyclic) bond motifs is 4. The quantitative estimate of drug-likeness (QED) is 0.158. The maximum absolute atomic E-state index is 13.1. The first-order valence-electron chi connectivity index (χ1n) is 8.54. The van der Waals surface area contributed by atoms with Gasteiger partial charge < -0.3 is 19.7 Å². The lowest BCUT2D eigenvalue weighted by atomic mass is 9.84.